The van der Waals surface area contributed by atoms with E-state index in [1.165, 1.54) is 38.5 Å². The molecule has 0 aliphatic heterocycles. The molecule has 3 aliphatic rings. The molecule has 0 unspecified atom stereocenters. The van der Waals surface area contributed by atoms with Crippen LogP contribution in [0, 0.1) is 17.8 Å². The second kappa shape index (κ2) is 1.82. The zero-order valence-corrected chi connectivity index (χ0v) is 7.05. The molecule has 3 fully saturated rings. The Morgan fingerprint density at radius 2 is 2.09 bits per heavy atom. The lowest BCUT2D eigenvalue weighted by Gasteiger charge is -2.35. The Labute approximate surface area is 68.3 Å². The van der Waals surface area contributed by atoms with Gasteiger partial charge < -0.3 is 5.73 Å². The van der Waals surface area contributed by atoms with Gasteiger partial charge in [-0.1, -0.05) is 6.42 Å². The van der Waals surface area contributed by atoms with E-state index in [1.807, 2.05) is 0 Å². The highest BCUT2D eigenvalue weighted by Gasteiger charge is 2.57. The van der Waals surface area contributed by atoms with Gasteiger partial charge in [-0.25, -0.2) is 0 Å². The Bertz CT molecular complexity index is 189. The minimum absolute atomic E-state index is 0.322. The first-order chi connectivity index (χ1) is 5.31. The number of fused-ring (bicyclic) bond motifs is 5. The molecule has 0 aromatic carbocycles. The van der Waals surface area contributed by atoms with Crippen molar-refractivity contribution < 1.29 is 0 Å². The summed E-state index contributed by atoms with van der Waals surface area (Å²) in [5.74, 6) is 2.88. The van der Waals surface area contributed by atoms with Crippen LogP contribution in [0.1, 0.15) is 38.5 Å². The summed E-state index contributed by atoms with van der Waals surface area (Å²) in [5.41, 5.74) is 6.77. The number of hydrogen-bond donors (Lipinski definition) is 1. The van der Waals surface area contributed by atoms with E-state index in [9.17, 15) is 0 Å². The van der Waals surface area contributed by atoms with Crippen LogP contribution < -0.4 is 5.73 Å². The quantitative estimate of drug-likeness (QED) is 0.562. The molecule has 0 saturated heterocycles. The van der Waals surface area contributed by atoms with E-state index in [0.717, 1.165) is 17.8 Å². The van der Waals surface area contributed by atoms with Gasteiger partial charge in [0.2, 0.25) is 0 Å². The van der Waals surface area contributed by atoms with Crippen LogP contribution in [0.5, 0.6) is 0 Å². The molecule has 4 atom stereocenters. The lowest BCUT2D eigenvalue weighted by molar-refractivity contribution is 0.210. The minimum atomic E-state index is 0.322. The fourth-order valence-electron chi connectivity index (χ4n) is 4.13. The Hall–Kier alpha value is -0.0400. The van der Waals surface area contributed by atoms with Crippen molar-refractivity contribution >= 4 is 0 Å². The van der Waals surface area contributed by atoms with Crippen LogP contribution >= 0.6 is 0 Å². The van der Waals surface area contributed by atoms with Crippen molar-refractivity contribution in [3.8, 4) is 0 Å². The van der Waals surface area contributed by atoms with Crippen LogP contribution in [-0.4, -0.2) is 5.54 Å². The van der Waals surface area contributed by atoms with Gasteiger partial charge in [0.1, 0.15) is 0 Å². The molecule has 62 valence electrons. The van der Waals surface area contributed by atoms with Gasteiger partial charge in [0, 0.05) is 5.54 Å². The SMILES string of the molecule is N[C@@]12CCC[C@H]1[C@@H]1CC[C@H]2C1. The first-order valence-corrected chi connectivity index (χ1v) is 5.09. The molecule has 2 N–H and O–H groups in total. The minimum Gasteiger partial charge on any atom is -0.325 e. The zero-order chi connectivity index (χ0) is 7.47. The summed E-state index contributed by atoms with van der Waals surface area (Å²) in [6.07, 6.45) is 8.60. The second-order valence-electron chi connectivity index (χ2n) is 4.88. The van der Waals surface area contributed by atoms with Crippen LogP contribution in [0.25, 0.3) is 0 Å². The van der Waals surface area contributed by atoms with Crippen molar-refractivity contribution in [2.45, 2.75) is 44.1 Å². The smallest absolute Gasteiger partial charge is 0.0214 e. The van der Waals surface area contributed by atoms with Crippen molar-refractivity contribution in [1.29, 1.82) is 0 Å². The average Bonchev–Trinajstić information content (AvgIpc) is 2.54. The van der Waals surface area contributed by atoms with E-state index in [1.54, 1.807) is 0 Å². The Balaban J connectivity index is 2.00. The molecule has 2 bridgehead atoms. The predicted molar refractivity (Wildman–Crippen MR) is 45.1 cm³/mol. The number of hydrogen-bond acceptors (Lipinski definition) is 1. The van der Waals surface area contributed by atoms with Crippen molar-refractivity contribution in [1.82, 2.24) is 0 Å². The first-order valence-electron chi connectivity index (χ1n) is 5.09. The highest BCUT2D eigenvalue weighted by molar-refractivity contribution is 5.12. The van der Waals surface area contributed by atoms with E-state index in [-0.39, 0.29) is 0 Å². The maximum atomic E-state index is 6.45. The van der Waals surface area contributed by atoms with Crippen molar-refractivity contribution in [2.24, 2.45) is 23.5 Å². The zero-order valence-electron chi connectivity index (χ0n) is 7.05. The molecule has 0 heterocycles. The van der Waals surface area contributed by atoms with E-state index in [2.05, 4.69) is 0 Å². The van der Waals surface area contributed by atoms with Crippen LogP contribution in [0.2, 0.25) is 0 Å². The van der Waals surface area contributed by atoms with Gasteiger partial charge in [0.25, 0.3) is 0 Å². The fraction of sp³-hybridized carbons (Fsp3) is 1.00. The van der Waals surface area contributed by atoms with Gasteiger partial charge in [-0.2, -0.15) is 0 Å². The summed E-state index contributed by atoms with van der Waals surface area (Å²) in [7, 11) is 0. The summed E-state index contributed by atoms with van der Waals surface area (Å²) in [6.45, 7) is 0. The standard InChI is InChI=1S/C10H17N/c11-10-5-1-2-9(10)7-3-4-8(10)6-7/h7-9H,1-6,11H2/t7-,8+,9+,10-/m1/s1. The molecule has 0 amide bonds. The maximum Gasteiger partial charge on any atom is 0.0214 e. The van der Waals surface area contributed by atoms with Crippen molar-refractivity contribution in [2.75, 3.05) is 0 Å². The lowest BCUT2D eigenvalue weighted by atomic mass is 9.76. The molecule has 3 saturated carbocycles. The van der Waals surface area contributed by atoms with Crippen molar-refractivity contribution in [3.63, 3.8) is 0 Å². The highest BCUT2D eigenvalue weighted by atomic mass is 14.9. The van der Waals surface area contributed by atoms with Gasteiger partial charge >= 0.3 is 0 Å². The van der Waals surface area contributed by atoms with Gasteiger partial charge in [0.15, 0.2) is 0 Å². The van der Waals surface area contributed by atoms with E-state index >= 15 is 0 Å². The van der Waals surface area contributed by atoms with Gasteiger partial charge in [-0.3, -0.25) is 0 Å². The number of rotatable bonds is 0. The molecular weight excluding hydrogens is 134 g/mol. The van der Waals surface area contributed by atoms with Crippen LogP contribution in [0.4, 0.5) is 0 Å². The first kappa shape index (κ1) is 6.47. The molecule has 0 radical (unpaired) electrons. The monoisotopic (exact) mass is 151 g/mol. The third-order valence-corrected chi connectivity index (χ3v) is 4.62. The number of nitrogens with two attached hydrogens (primary N) is 1. The summed E-state index contributed by atoms with van der Waals surface area (Å²) >= 11 is 0. The summed E-state index contributed by atoms with van der Waals surface area (Å²) < 4.78 is 0. The predicted octanol–water partition coefficient (Wildman–Crippen LogP) is 1.91. The average molecular weight is 151 g/mol. The lowest BCUT2D eigenvalue weighted by Crippen LogP contribution is -2.47. The van der Waals surface area contributed by atoms with Crippen LogP contribution in [0.3, 0.4) is 0 Å². The third kappa shape index (κ3) is 0.618. The van der Waals surface area contributed by atoms with Gasteiger partial charge in [0.05, 0.1) is 0 Å². The largest absolute Gasteiger partial charge is 0.325 e. The van der Waals surface area contributed by atoms with E-state index in [4.69, 9.17) is 5.73 Å². The normalized spacial score (nSPS) is 60.3. The van der Waals surface area contributed by atoms with Crippen LogP contribution in [0.15, 0.2) is 0 Å². The van der Waals surface area contributed by atoms with Gasteiger partial charge in [-0.05, 0) is 49.9 Å². The topological polar surface area (TPSA) is 26.0 Å². The molecule has 11 heavy (non-hydrogen) atoms. The molecule has 0 aromatic heterocycles. The summed E-state index contributed by atoms with van der Waals surface area (Å²) in [4.78, 5) is 0. The molecular formula is C10H17N. The third-order valence-electron chi connectivity index (χ3n) is 4.62. The molecule has 3 aliphatic carbocycles. The molecule has 0 spiro atoms. The molecule has 1 heteroatoms. The summed E-state index contributed by atoms with van der Waals surface area (Å²) in [6, 6.07) is 0. The Morgan fingerprint density at radius 1 is 1.18 bits per heavy atom. The highest BCUT2D eigenvalue weighted by Crippen LogP contribution is 2.59. The fourth-order valence-corrected chi connectivity index (χ4v) is 4.13. The summed E-state index contributed by atoms with van der Waals surface area (Å²) in [5, 5.41) is 0. The van der Waals surface area contributed by atoms with Crippen LogP contribution in [-0.2, 0) is 0 Å². The van der Waals surface area contributed by atoms with Gasteiger partial charge in [-0.15, -0.1) is 0 Å². The van der Waals surface area contributed by atoms with E-state index < -0.39 is 0 Å². The Morgan fingerprint density at radius 3 is 2.91 bits per heavy atom. The maximum absolute atomic E-state index is 6.45. The molecule has 0 aromatic rings. The molecule has 1 nitrogen and oxygen atoms in total. The second-order valence-corrected chi connectivity index (χ2v) is 4.88. The Kier molecular flexibility index (Phi) is 1.07. The molecule has 3 rings (SSSR count). The van der Waals surface area contributed by atoms with Crippen molar-refractivity contribution in [3.05, 3.63) is 0 Å². The van der Waals surface area contributed by atoms with E-state index in [0.29, 0.717) is 5.54 Å².